The van der Waals surface area contributed by atoms with Crippen molar-refractivity contribution in [3.05, 3.63) is 77.4 Å². The minimum absolute atomic E-state index is 0.0355. The first-order valence-electron chi connectivity index (χ1n) is 19.2. The van der Waals surface area contributed by atoms with Gasteiger partial charge < -0.3 is 35.2 Å². The van der Waals surface area contributed by atoms with Crippen molar-refractivity contribution in [3.8, 4) is 22.6 Å². The summed E-state index contributed by atoms with van der Waals surface area (Å²) < 4.78 is 11.5. The van der Waals surface area contributed by atoms with Crippen molar-refractivity contribution >= 4 is 17.5 Å². The summed E-state index contributed by atoms with van der Waals surface area (Å²) in [4.78, 5) is 36.0. The van der Waals surface area contributed by atoms with Gasteiger partial charge in [-0.1, -0.05) is 57.2 Å². The summed E-state index contributed by atoms with van der Waals surface area (Å²) in [6, 6.07) is 18.5. The van der Waals surface area contributed by atoms with Crippen molar-refractivity contribution in [2.24, 2.45) is 29.1 Å². The lowest BCUT2D eigenvalue weighted by molar-refractivity contribution is -0.183. The van der Waals surface area contributed by atoms with Gasteiger partial charge in [0, 0.05) is 55.0 Å². The number of hydrogen-bond donors (Lipinski definition) is 4. The van der Waals surface area contributed by atoms with Gasteiger partial charge in [0.1, 0.15) is 23.6 Å². The third-order valence-electron chi connectivity index (χ3n) is 12.6. The zero-order chi connectivity index (χ0) is 38.9. The highest BCUT2D eigenvalue weighted by Gasteiger charge is 2.57. The first-order valence-corrected chi connectivity index (χ1v) is 19.2. The normalized spacial score (nSPS) is 26.4. The molecule has 0 unspecified atom stereocenters. The standard InChI is InChI=1S/C43H58N4O7/c1-25-34-21-31(43(34,3)4)22-35(25)45-42(51)39-38(26(2)49)37(24-48)54-47(39)23-28-13-11-14-33(40(28)53-8)29-18-30(20-32(19-29)46(5)6)41(50)44-17-16-27-12-9-10-15-36(27)52-7/h9-15,18-20,25-26,31,34-35,37-39,48-49H,16-17,21-24H2,1-8H3,(H,44,50)(H,45,51)/t25-,26-,31+,34-,35-,37-,38+,39-/m0/s1. The lowest BCUT2D eigenvalue weighted by Crippen LogP contribution is -2.62. The number of hydrogen-bond acceptors (Lipinski definition) is 9. The Hall–Kier alpha value is -4.16. The van der Waals surface area contributed by atoms with Gasteiger partial charge in [-0.15, -0.1) is 0 Å². The van der Waals surface area contributed by atoms with E-state index in [1.54, 1.807) is 26.2 Å². The number of anilines is 1. The van der Waals surface area contributed by atoms with E-state index in [-0.39, 0.29) is 36.4 Å². The summed E-state index contributed by atoms with van der Waals surface area (Å²) in [7, 11) is 7.10. The molecule has 3 aromatic carbocycles. The number of ether oxygens (including phenoxy) is 2. The van der Waals surface area contributed by atoms with E-state index in [9.17, 15) is 19.8 Å². The second-order valence-electron chi connectivity index (χ2n) is 16.2. The highest BCUT2D eigenvalue weighted by Crippen LogP contribution is 2.61. The van der Waals surface area contributed by atoms with E-state index in [0.29, 0.717) is 42.0 Å². The minimum Gasteiger partial charge on any atom is -0.496 e. The molecule has 0 radical (unpaired) electrons. The SMILES string of the molecule is COc1ccccc1CCNC(=O)c1cc(-c2cccc(CN3O[C@@H](CO)[C@@H]([C@H](C)O)[C@H]3C(=O)N[C@H]3C[C@H]4C[C@@H]([C@@H]3C)C4(C)C)c2OC)cc(N(C)C)c1. The smallest absolute Gasteiger partial charge is 0.251 e. The summed E-state index contributed by atoms with van der Waals surface area (Å²) in [5.41, 5.74) is 4.95. The first kappa shape index (κ1) is 39.5. The predicted octanol–water partition coefficient (Wildman–Crippen LogP) is 5.07. The van der Waals surface area contributed by atoms with E-state index in [1.807, 2.05) is 79.7 Å². The van der Waals surface area contributed by atoms with Gasteiger partial charge in [-0.2, -0.15) is 5.06 Å². The molecule has 8 atom stereocenters. The van der Waals surface area contributed by atoms with Crippen molar-refractivity contribution in [3.63, 3.8) is 0 Å². The summed E-state index contributed by atoms with van der Waals surface area (Å²) in [6.45, 7) is 8.81. The molecular weight excluding hydrogens is 684 g/mol. The van der Waals surface area contributed by atoms with Gasteiger partial charge in [-0.25, -0.2) is 0 Å². The number of nitrogens with zero attached hydrogens (tertiary/aromatic N) is 2. The Morgan fingerprint density at radius 1 is 1.04 bits per heavy atom. The minimum atomic E-state index is -0.902. The van der Waals surface area contributed by atoms with Gasteiger partial charge in [-0.05, 0) is 84.7 Å². The van der Waals surface area contributed by atoms with Crippen LogP contribution < -0.4 is 25.0 Å². The molecule has 3 aromatic rings. The average molecular weight is 743 g/mol. The molecule has 1 saturated heterocycles. The Bertz CT molecular complexity index is 1810. The van der Waals surface area contributed by atoms with Crippen LogP contribution in [0.1, 0.15) is 62.0 Å². The number of aliphatic hydroxyl groups excluding tert-OH is 2. The molecule has 4 fully saturated rings. The molecule has 1 aliphatic heterocycles. The van der Waals surface area contributed by atoms with Crippen molar-refractivity contribution < 1.29 is 34.1 Å². The zero-order valence-electron chi connectivity index (χ0n) is 33.0. The molecule has 3 aliphatic carbocycles. The van der Waals surface area contributed by atoms with Gasteiger partial charge in [0.15, 0.2) is 0 Å². The van der Waals surface area contributed by atoms with E-state index < -0.39 is 24.2 Å². The molecule has 7 rings (SSSR count). The third-order valence-corrected chi connectivity index (χ3v) is 12.6. The number of nitrogens with one attached hydrogen (secondary N) is 2. The van der Waals surface area contributed by atoms with Gasteiger partial charge in [-0.3, -0.25) is 14.4 Å². The molecule has 2 amide bonds. The molecule has 2 bridgehead atoms. The first-order chi connectivity index (χ1) is 25.8. The number of para-hydroxylation sites is 2. The number of fused-ring (bicyclic) bond motifs is 2. The number of carbonyl (C=O) groups is 2. The fraction of sp³-hybridized carbons (Fsp3) is 0.535. The molecule has 4 N–H and O–H groups in total. The molecule has 11 nitrogen and oxygen atoms in total. The number of rotatable bonds is 14. The number of aliphatic hydroxyl groups is 2. The van der Waals surface area contributed by atoms with Crippen LogP contribution in [0.4, 0.5) is 5.69 Å². The fourth-order valence-corrected chi connectivity index (χ4v) is 9.31. The lowest BCUT2D eigenvalue weighted by Gasteiger charge is -2.62. The maximum absolute atomic E-state index is 14.2. The van der Waals surface area contributed by atoms with E-state index in [2.05, 4.69) is 31.4 Å². The lowest BCUT2D eigenvalue weighted by atomic mass is 9.45. The Kier molecular flexibility index (Phi) is 11.9. The largest absolute Gasteiger partial charge is 0.496 e. The average Bonchev–Trinajstić information content (AvgIpc) is 3.53. The van der Waals surface area contributed by atoms with Crippen LogP contribution in [0.15, 0.2) is 60.7 Å². The monoisotopic (exact) mass is 742 g/mol. The summed E-state index contributed by atoms with van der Waals surface area (Å²) in [5.74, 6) is 1.77. The van der Waals surface area contributed by atoms with E-state index in [0.717, 1.165) is 40.1 Å². The third kappa shape index (κ3) is 7.69. The molecule has 3 saturated carbocycles. The summed E-state index contributed by atoms with van der Waals surface area (Å²) in [6.07, 6.45) is 1.09. The molecule has 292 valence electrons. The van der Waals surface area contributed by atoms with Gasteiger partial charge in [0.25, 0.3) is 5.91 Å². The maximum Gasteiger partial charge on any atom is 0.251 e. The topological polar surface area (TPSA) is 133 Å². The number of carbonyl (C=O) groups excluding carboxylic acids is 2. The molecule has 11 heteroatoms. The molecular formula is C43H58N4O7. The Morgan fingerprint density at radius 3 is 2.43 bits per heavy atom. The van der Waals surface area contributed by atoms with Gasteiger partial charge in [0.05, 0.1) is 33.5 Å². The fourth-order valence-electron chi connectivity index (χ4n) is 9.31. The maximum atomic E-state index is 14.2. The van der Waals surface area contributed by atoms with E-state index in [1.165, 1.54) is 6.42 Å². The number of benzene rings is 3. The molecule has 0 aromatic heterocycles. The van der Waals surface area contributed by atoms with Crippen LogP contribution in [0.5, 0.6) is 11.5 Å². The number of amides is 2. The van der Waals surface area contributed by atoms with Crippen LogP contribution >= 0.6 is 0 Å². The second kappa shape index (κ2) is 16.3. The van der Waals surface area contributed by atoms with Crippen LogP contribution in [-0.2, 0) is 22.6 Å². The van der Waals surface area contributed by atoms with Crippen molar-refractivity contribution in [2.75, 3.05) is 46.4 Å². The summed E-state index contributed by atoms with van der Waals surface area (Å²) >= 11 is 0. The highest BCUT2D eigenvalue weighted by molar-refractivity contribution is 5.97. The molecule has 4 aliphatic rings. The van der Waals surface area contributed by atoms with Crippen molar-refractivity contribution in [1.82, 2.24) is 15.7 Å². The quantitative estimate of drug-likeness (QED) is 0.179. The van der Waals surface area contributed by atoms with Gasteiger partial charge in [0.2, 0.25) is 5.91 Å². The highest BCUT2D eigenvalue weighted by atomic mass is 16.7. The zero-order valence-corrected chi connectivity index (χ0v) is 33.0. The van der Waals surface area contributed by atoms with Crippen LogP contribution in [-0.4, -0.2) is 92.8 Å². The van der Waals surface area contributed by atoms with Crippen LogP contribution in [0, 0.1) is 29.1 Å². The predicted molar refractivity (Wildman–Crippen MR) is 209 cm³/mol. The van der Waals surface area contributed by atoms with Crippen molar-refractivity contribution in [2.45, 2.75) is 77.8 Å². The number of methoxy groups -OCH3 is 2. The van der Waals surface area contributed by atoms with E-state index >= 15 is 0 Å². The van der Waals surface area contributed by atoms with Gasteiger partial charge >= 0.3 is 0 Å². The van der Waals surface area contributed by atoms with Crippen LogP contribution in [0.3, 0.4) is 0 Å². The Balaban J connectivity index is 1.25. The van der Waals surface area contributed by atoms with E-state index in [4.69, 9.17) is 14.3 Å². The number of hydroxylamine groups is 2. The van der Waals surface area contributed by atoms with Crippen LogP contribution in [0.2, 0.25) is 0 Å². The summed E-state index contributed by atoms with van der Waals surface area (Å²) in [5, 5.41) is 29.3. The molecule has 0 spiro atoms. The molecule has 1 heterocycles. The Morgan fingerprint density at radius 2 is 1.78 bits per heavy atom. The Labute approximate surface area is 319 Å². The van der Waals surface area contributed by atoms with Crippen molar-refractivity contribution in [1.29, 1.82) is 0 Å². The molecule has 54 heavy (non-hydrogen) atoms. The second-order valence-corrected chi connectivity index (χ2v) is 16.2. The van der Waals surface area contributed by atoms with Crippen LogP contribution in [0.25, 0.3) is 11.1 Å².